The maximum absolute atomic E-state index is 13.3. The van der Waals surface area contributed by atoms with Crippen molar-refractivity contribution in [2.45, 2.75) is 32.2 Å². The fraction of sp³-hybridized carbons (Fsp3) is 0.258. The van der Waals surface area contributed by atoms with Gasteiger partial charge in [0.1, 0.15) is 5.82 Å². The van der Waals surface area contributed by atoms with Gasteiger partial charge in [0.2, 0.25) is 0 Å². The molecule has 0 unspecified atom stereocenters. The Balaban J connectivity index is 0.000000371. The van der Waals surface area contributed by atoms with Crippen molar-refractivity contribution in [3.05, 3.63) is 120 Å². The molecule has 0 amide bonds. The van der Waals surface area contributed by atoms with Crippen LogP contribution in [-0.2, 0) is 6.42 Å². The topological polar surface area (TPSA) is 31.9 Å². The summed E-state index contributed by atoms with van der Waals surface area (Å²) in [6.07, 6.45) is 11.6. The average molecular weight is 466 g/mol. The van der Waals surface area contributed by atoms with Crippen LogP contribution in [-0.4, -0.2) is 34.0 Å². The molecule has 35 heavy (non-hydrogen) atoms. The maximum atomic E-state index is 13.3. The molecule has 4 heterocycles. The minimum atomic E-state index is -0.195. The zero-order valence-electron chi connectivity index (χ0n) is 20.2. The quantitative estimate of drug-likeness (QED) is 0.354. The van der Waals surface area contributed by atoms with Gasteiger partial charge in [-0.2, -0.15) is 0 Å². The van der Waals surface area contributed by atoms with E-state index in [2.05, 4.69) is 64.4 Å². The third-order valence-electron chi connectivity index (χ3n) is 7.15. The molecular formula is C31H32FN3. The Morgan fingerprint density at radius 3 is 2.40 bits per heavy atom. The van der Waals surface area contributed by atoms with Crippen LogP contribution in [0.15, 0.2) is 97.5 Å². The zero-order chi connectivity index (χ0) is 24.0. The summed E-state index contributed by atoms with van der Waals surface area (Å²) in [7, 11) is 0. The summed E-state index contributed by atoms with van der Waals surface area (Å²) in [5, 5.41) is 0. The van der Waals surface area contributed by atoms with Gasteiger partial charge >= 0.3 is 0 Å². The smallest absolute Gasteiger partial charge is 0.123 e. The molecule has 4 heteroatoms. The second kappa shape index (κ2) is 10.8. The SMILES string of the molecule is Cc1c(C2=C[C@@H]3C[C@H](Cc4ccccc4)CN3CC2)c[nH]c1-c1ccc(F)cc1.c1ccncc1. The van der Waals surface area contributed by atoms with Crippen LogP contribution in [0.4, 0.5) is 4.39 Å². The van der Waals surface area contributed by atoms with Crippen LogP contribution in [0, 0.1) is 18.7 Å². The Morgan fingerprint density at radius 1 is 0.971 bits per heavy atom. The van der Waals surface area contributed by atoms with Crippen molar-refractivity contribution in [1.82, 2.24) is 14.9 Å². The molecule has 2 atom stereocenters. The number of fused-ring (bicyclic) bond motifs is 1. The molecule has 0 radical (unpaired) electrons. The molecule has 2 aromatic heterocycles. The van der Waals surface area contributed by atoms with Crippen molar-refractivity contribution < 1.29 is 4.39 Å². The van der Waals surface area contributed by atoms with E-state index in [9.17, 15) is 4.39 Å². The molecule has 0 spiro atoms. The first-order valence-corrected chi connectivity index (χ1v) is 12.5. The summed E-state index contributed by atoms with van der Waals surface area (Å²) in [5.74, 6) is 0.541. The summed E-state index contributed by atoms with van der Waals surface area (Å²) in [6, 6.07) is 23.9. The molecule has 178 valence electrons. The van der Waals surface area contributed by atoms with Crippen LogP contribution in [0.3, 0.4) is 0 Å². The number of hydrogen-bond acceptors (Lipinski definition) is 2. The number of halogens is 1. The van der Waals surface area contributed by atoms with E-state index in [0.717, 1.165) is 30.1 Å². The van der Waals surface area contributed by atoms with Crippen molar-refractivity contribution in [3.8, 4) is 11.3 Å². The summed E-state index contributed by atoms with van der Waals surface area (Å²) < 4.78 is 13.3. The van der Waals surface area contributed by atoms with Gasteiger partial charge in [0.05, 0.1) is 0 Å². The van der Waals surface area contributed by atoms with E-state index in [4.69, 9.17) is 0 Å². The van der Waals surface area contributed by atoms with Gasteiger partial charge in [0.25, 0.3) is 0 Å². The first kappa shape index (κ1) is 23.3. The molecule has 0 saturated carbocycles. The highest BCUT2D eigenvalue weighted by Crippen LogP contribution is 2.37. The van der Waals surface area contributed by atoms with E-state index in [1.165, 1.54) is 53.8 Å². The number of nitrogens with zero attached hydrogens (tertiary/aromatic N) is 2. The predicted molar refractivity (Wildman–Crippen MR) is 141 cm³/mol. The average Bonchev–Trinajstić information content (AvgIpc) is 3.48. The van der Waals surface area contributed by atoms with Gasteiger partial charge in [-0.15, -0.1) is 0 Å². The lowest BCUT2D eigenvalue weighted by Crippen LogP contribution is -2.32. The molecule has 0 bridgehead atoms. The number of pyridine rings is 1. The third-order valence-corrected chi connectivity index (χ3v) is 7.15. The first-order chi connectivity index (χ1) is 17.2. The summed E-state index contributed by atoms with van der Waals surface area (Å²) >= 11 is 0. The van der Waals surface area contributed by atoms with Gasteiger partial charge in [-0.05, 0) is 96.3 Å². The molecule has 0 aliphatic carbocycles. The molecule has 2 aliphatic heterocycles. The highest BCUT2D eigenvalue weighted by atomic mass is 19.1. The Hall–Kier alpha value is -3.50. The molecule has 3 nitrogen and oxygen atoms in total. The predicted octanol–water partition coefficient (Wildman–Crippen LogP) is 6.93. The molecule has 1 saturated heterocycles. The highest BCUT2D eigenvalue weighted by molar-refractivity contribution is 5.76. The third kappa shape index (κ3) is 5.60. The number of benzene rings is 2. The van der Waals surface area contributed by atoms with Crippen LogP contribution < -0.4 is 0 Å². The number of H-pyrrole nitrogens is 1. The maximum Gasteiger partial charge on any atom is 0.123 e. The lowest BCUT2D eigenvalue weighted by molar-refractivity contribution is 0.281. The fourth-order valence-electron chi connectivity index (χ4n) is 5.42. The Morgan fingerprint density at radius 2 is 1.71 bits per heavy atom. The number of rotatable bonds is 4. The molecule has 1 N–H and O–H groups in total. The minimum Gasteiger partial charge on any atom is -0.360 e. The first-order valence-electron chi connectivity index (χ1n) is 12.5. The normalized spacial score (nSPS) is 19.4. The fourth-order valence-corrected chi connectivity index (χ4v) is 5.42. The molecule has 1 fully saturated rings. The van der Waals surface area contributed by atoms with Gasteiger partial charge in [-0.1, -0.05) is 42.5 Å². The van der Waals surface area contributed by atoms with Crippen molar-refractivity contribution in [3.63, 3.8) is 0 Å². The number of aromatic nitrogens is 2. The van der Waals surface area contributed by atoms with Crippen LogP contribution in [0.2, 0.25) is 0 Å². The van der Waals surface area contributed by atoms with Gasteiger partial charge in [-0.25, -0.2) is 4.39 Å². The van der Waals surface area contributed by atoms with E-state index < -0.39 is 0 Å². The van der Waals surface area contributed by atoms with Gasteiger partial charge in [-0.3, -0.25) is 9.88 Å². The Bertz CT molecular complexity index is 1220. The second-order valence-corrected chi connectivity index (χ2v) is 9.53. The van der Waals surface area contributed by atoms with Crippen LogP contribution in [0.25, 0.3) is 16.8 Å². The summed E-state index contributed by atoms with van der Waals surface area (Å²) in [4.78, 5) is 9.87. The molecule has 2 aromatic carbocycles. The van der Waals surface area contributed by atoms with E-state index in [1.807, 2.05) is 30.3 Å². The number of aromatic amines is 1. The second-order valence-electron chi connectivity index (χ2n) is 9.53. The van der Waals surface area contributed by atoms with Crippen molar-refractivity contribution in [2.75, 3.05) is 13.1 Å². The summed E-state index contributed by atoms with van der Waals surface area (Å²) in [6.45, 7) is 4.51. The number of nitrogens with one attached hydrogen (secondary N) is 1. The van der Waals surface area contributed by atoms with Crippen LogP contribution >= 0.6 is 0 Å². The van der Waals surface area contributed by atoms with Crippen molar-refractivity contribution in [1.29, 1.82) is 0 Å². The van der Waals surface area contributed by atoms with E-state index in [0.29, 0.717) is 6.04 Å². The van der Waals surface area contributed by atoms with Gasteiger partial charge < -0.3 is 4.98 Å². The molecule has 4 aromatic rings. The van der Waals surface area contributed by atoms with E-state index in [-0.39, 0.29) is 5.82 Å². The van der Waals surface area contributed by atoms with E-state index >= 15 is 0 Å². The van der Waals surface area contributed by atoms with Crippen LogP contribution in [0.5, 0.6) is 0 Å². The zero-order valence-corrected chi connectivity index (χ0v) is 20.2. The molecular weight excluding hydrogens is 433 g/mol. The molecule has 2 aliphatic rings. The lowest BCUT2D eigenvalue weighted by atomic mass is 9.92. The van der Waals surface area contributed by atoms with Crippen LogP contribution in [0.1, 0.15) is 29.5 Å². The standard InChI is InChI=1S/C26H27FN2.C5H5N/c1-18-25(16-28-26(18)21-7-9-23(27)10-8-21)22-11-12-29-17-20(14-24(29)15-22)13-19-5-3-2-4-6-19;1-2-4-6-5-3-1/h2-10,15-16,20,24,28H,11-14,17H2,1H3;1-5H/t20-,24-;/m0./s1. The van der Waals surface area contributed by atoms with Crippen molar-refractivity contribution >= 4 is 5.57 Å². The van der Waals surface area contributed by atoms with Gasteiger partial charge in [0.15, 0.2) is 0 Å². The molecule has 6 rings (SSSR count). The van der Waals surface area contributed by atoms with Gasteiger partial charge in [0, 0.05) is 43.4 Å². The minimum absolute atomic E-state index is 0.195. The summed E-state index contributed by atoms with van der Waals surface area (Å²) in [5.41, 5.74) is 7.61. The lowest BCUT2D eigenvalue weighted by Gasteiger charge is -2.28. The highest BCUT2D eigenvalue weighted by Gasteiger charge is 2.33. The Kier molecular flexibility index (Phi) is 7.20. The van der Waals surface area contributed by atoms with E-state index in [1.54, 1.807) is 12.4 Å². The Labute approximate surface area is 207 Å². The number of hydrogen-bond donors (Lipinski definition) is 1. The monoisotopic (exact) mass is 465 g/mol. The van der Waals surface area contributed by atoms with Crippen molar-refractivity contribution in [2.24, 2.45) is 5.92 Å². The largest absolute Gasteiger partial charge is 0.360 e.